The molecule has 1 amide bonds. The van der Waals surface area contributed by atoms with Crippen molar-refractivity contribution in [2.24, 2.45) is 5.92 Å². The summed E-state index contributed by atoms with van der Waals surface area (Å²) in [7, 11) is 0. The van der Waals surface area contributed by atoms with Crippen LogP contribution in [0.4, 0.5) is 5.82 Å². The maximum Gasteiger partial charge on any atom is 0.222 e. The smallest absolute Gasteiger partial charge is 0.222 e. The summed E-state index contributed by atoms with van der Waals surface area (Å²) >= 11 is 1.90. The third-order valence-corrected chi connectivity index (χ3v) is 8.53. The Morgan fingerprint density at radius 3 is 2.62 bits per heavy atom. The molecule has 2 aliphatic rings. The summed E-state index contributed by atoms with van der Waals surface area (Å²) in [6, 6.07) is 0. The first kappa shape index (κ1) is 23.5. The molecule has 1 saturated heterocycles. The van der Waals surface area contributed by atoms with Gasteiger partial charge in [0.25, 0.3) is 0 Å². The minimum absolute atomic E-state index is 0.329. The Morgan fingerprint density at radius 1 is 1.12 bits per heavy atom. The van der Waals surface area contributed by atoms with E-state index in [1.54, 1.807) is 0 Å². The fraction of sp³-hybridized carbons (Fsp3) is 0.731. The molecule has 1 fully saturated rings. The molecule has 2 aromatic heterocycles. The van der Waals surface area contributed by atoms with Crippen molar-refractivity contribution >= 4 is 33.3 Å². The van der Waals surface area contributed by atoms with E-state index in [0.717, 1.165) is 63.0 Å². The predicted octanol–water partition coefficient (Wildman–Crippen LogP) is 5.95. The van der Waals surface area contributed by atoms with E-state index >= 15 is 0 Å². The predicted molar refractivity (Wildman–Crippen MR) is 135 cm³/mol. The zero-order valence-corrected chi connectivity index (χ0v) is 21.3. The van der Waals surface area contributed by atoms with Crippen molar-refractivity contribution in [1.29, 1.82) is 0 Å². The minimum atomic E-state index is 0.329. The van der Waals surface area contributed by atoms with Gasteiger partial charge in [0.05, 0.1) is 5.39 Å². The molecular formula is C26H40N4OS. The highest BCUT2D eigenvalue weighted by molar-refractivity contribution is 7.19. The van der Waals surface area contributed by atoms with Crippen LogP contribution in [0.2, 0.25) is 0 Å². The third-order valence-electron chi connectivity index (χ3n) is 7.38. The fourth-order valence-electron chi connectivity index (χ4n) is 5.00. The average Bonchev–Trinajstić information content (AvgIpc) is 3.18. The first-order valence-corrected chi connectivity index (χ1v) is 13.7. The Morgan fingerprint density at radius 2 is 1.91 bits per heavy atom. The summed E-state index contributed by atoms with van der Waals surface area (Å²) in [6.07, 6.45) is 9.96. The number of thiophene rings is 1. The van der Waals surface area contributed by atoms with E-state index in [-0.39, 0.29) is 0 Å². The molecule has 0 aromatic carbocycles. The topological polar surface area (TPSA) is 49.3 Å². The van der Waals surface area contributed by atoms with Gasteiger partial charge in [-0.15, -0.1) is 11.3 Å². The van der Waals surface area contributed by atoms with E-state index in [2.05, 4.69) is 37.5 Å². The number of piperazine rings is 1. The summed E-state index contributed by atoms with van der Waals surface area (Å²) in [6.45, 7) is 12.4. The Balaban J connectivity index is 1.55. The summed E-state index contributed by atoms with van der Waals surface area (Å²) in [4.78, 5) is 30.1. The second-order valence-electron chi connectivity index (χ2n) is 9.93. The van der Waals surface area contributed by atoms with E-state index in [9.17, 15) is 4.79 Å². The molecule has 32 heavy (non-hydrogen) atoms. The maximum absolute atomic E-state index is 12.7. The highest BCUT2D eigenvalue weighted by Gasteiger charge is 2.29. The van der Waals surface area contributed by atoms with Crippen LogP contribution >= 0.6 is 11.3 Å². The molecule has 5 nitrogen and oxygen atoms in total. The van der Waals surface area contributed by atoms with E-state index in [1.807, 2.05) is 11.3 Å². The number of anilines is 1. The monoisotopic (exact) mass is 456 g/mol. The van der Waals surface area contributed by atoms with Crippen molar-refractivity contribution in [2.45, 2.75) is 91.4 Å². The molecule has 3 heterocycles. The number of rotatable bonds is 8. The highest BCUT2D eigenvalue weighted by atomic mass is 32.1. The Bertz CT molecular complexity index is 932. The van der Waals surface area contributed by atoms with Gasteiger partial charge in [0.2, 0.25) is 5.91 Å². The van der Waals surface area contributed by atoms with Gasteiger partial charge in [0, 0.05) is 43.4 Å². The van der Waals surface area contributed by atoms with Crippen LogP contribution in [0.5, 0.6) is 0 Å². The molecule has 0 spiro atoms. The number of amides is 1. The number of unbranched alkanes of at least 4 members (excludes halogenated alkanes) is 3. The second-order valence-corrected chi connectivity index (χ2v) is 11.0. The first-order chi connectivity index (χ1) is 15.5. The van der Waals surface area contributed by atoms with Crippen molar-refractivity contribution in [3.63, 3.8) is 0 Å². The minimum Gasteiger partial charge on any atom is -0.352 e. The van der Waals surface area contributed by atoms with Gasteiger partial charge in [-0.05, 0) is 43.6 Å². The number of aromatic nitrogens is 2. The van der Waals surface area contributed by atoms with Crippen LogP contribution in [0.3, 0.4) is 0 Å². The lowest BCUT2D eigenvalue weighted by Crippen LogP contribution is -2.49. The van der Waals surface area contributed by atoms with Crippen molar-refractivity contribution in [3.05, 3.63) is 16.3 Å². The molecule has 2 atom stereocenters. The maximum atomic E-state index is 12.7. The summed E-state index contributed by atoms with van der Waals surface area (Å²) < 4.78 is 0. The normalized spacial score (nSPS) is 19.9. The van der Waals surface area contributed by atoms with Crippen LogP contribution < -0.4 is 4.90 Å². The summed E-state index contributed by atoms with van der Waals surface area (Å²) in [5.74, 6) is 3.56. The van der Waals surface area contributed by atoms with Gasteiger partial charge < -0.3 is 9.80 Å². The Hall–Kier alpha value is -1.69. The van der Waals surface area contributed by atoms with Crippen LogP contribution in [0.15, 0.2) is 0 Å². The molecule has 0 saturated carbocycles. The molecule has 0 radical (unpaired) electrons. The van der Waals surface area contributed by atoms with Crippen molar-refractivity contribution < 1.29 is 4.79 Å². The van der Waals surface area contributed by atoms with E-state index < -0.39 is 0 Å². The van der Waals surface area contributed by atoms with E-state index in [1.165, 1.54) is 52.8 Å². The Labute approximate surface area is 197 Å². The molecule has 0 N–H and O–H groups in total. The second kappa shape index (κ2) is 10.5. The number of hydrogen-bond acceptors (Lipinski definition) is 5. The first-order valence-electron chi connectivity index (χ1n) is 12.9. The molecule has 1 aliphatic carbocycles. The van der Waals surface area contributed by atoms with Gasteiger partial charge in [-0.2, -0.15) is 0 Å². The van der Waals surface area contributed by atoms with Gasteiger partial charge in [0.15, 0.2) is 0 Å². The van der Waals surface area contributed by atoms with Crippen LogP contribution in [0.25, 0.3) is 10.2 Å². The molecule has 0 unspecified atom stereocenters. The van der Waals surface area contributed by atoms with Gasteiger partial charge in [-0.25, -0.2) is 9.97 Å². The molecular weight excluding hydrogens is 416 g/mol. The van der Waals surface area contributed by atoms with Gasteiger partial charge in [-0.1, -0.05) is 47.0 Å². The lowest BCUT2D eigenvalue weighted by molar-refractivity contribution is -0.131. The number of hydrogen-bond donors (Lipinski definition) is 0. The SMILES string of the molecule is CCCCCCC(=O)N1CCN(c2nc([C@@H](C)CC)nc3sc4c(c23)CC[C@H](C)C4)CC1. The van der Waals surface area contributed by atoms with Crippen LogP contribution in [-0.2, 0) is 17.6 Å². The van der Waals surface area contributed by atoms with Crippen LogP contribution in [-0.4, -0.2) is 47.0 Å². The molecule has 0 bridgehead atoms. The number of carbonyl (C=O) groups is 1. The third kappa shape index (κ3) is 4.95. The zero-order valence-electron chi connectivity index (χ0n) is 20.5. The van der Waals surface area contributed by atoms with Crippen LogP contribution in [0.1, 0.15) is 94.8 Å². The number of nitrogens with zero attached hydrogens (tertiary/aromatic N) is 4. The molecule has 176 valence electrons. The molecule has 4 rings (SSSR count). The molecule has 1 aliphatic heterocycles. The van der Waals surface area contributed by atoms with E-state index in [0.29, 0.717) is 18.2 Å². The quantitative estimate of drug-likeness (QED) is 0.461. The highest BCUT2D eigenvalue weighted by Crippen LogP contribution is 2.41. The summed E-state index contributed by atoms with van der Waals surface area (Å²) in [5, 5.41) is 1.31. The molecule has 2 aromatic rings. The van der Waals surface area contributed by atoms with Crippen molar-refractivity contribution in [3.8, 4) is 0 Å². The van der Waals surface area contributed by atoms with Gasteiger partial charge in [0.1, 0.15) is 16.5 Å². The zero-order chi connectivity index (χ0) is 22.7. The number of carbonyl (C=O) groups excluding carboxylic acids is 1. The lowest BCUT2D eigenvalue weighted by Gasteiger charge is -2.36. The summed E-state index contributed by atoms with van der Waals surface area (Å²) in [5.41, 5.74) is 1.50. The van der Waals surface area contributed by atoms with Gasteiger partial charge in [-0.3, -0.25) is 4.79 Å². The molecule has 6 heteroatoms. The van der Waals surface area contributed by atoms with Crippen molar-refractivity contribution in [2.75, 3.05) is 31.1 Å². The number of fused-ring (bicyclic) bond motifs is 3. The average molecular weight is 457 g/mol. The standard InChI is InChI=1S/C26H40N4OS/c1-5-7-8-9-10-22(31)29-13-15-30(16-14-29)25-23-20-12-11-18(3)17-21(20)32-26(23)28-24(27-25)19(4)6-2/h18-19H,5-17H2,1-4H3/t18-,19-/m0/s1. The Kier molecular flexibility index (Phi) is 7.70. The van der Waals surface area contributed by atoms with Gasteiger partial charge >= 0.3 is 0 Å². The lowest BCUT2D eigenvalue weighted by atomic mass is 9.89. The van der Waals surface area contributed by atoms with Crippen molar-refractivity contribution in [1.82, 2.24) is 14.9 Å². The fourth-order valence-corrected chi connectivity index (χ4v) is 6.38. The number of aryl methyl sites for hydroxylation is 1. The van der Waals surface area contributed by atoms with Crippen LogP contribution in [0, 0.1) is 5.92 Å². The van der Waals surface area contributed by atoms with E-state index in [4.69, 9.17) is 9.97 Å². The largest absolute Gasteiger partial charge is 0.352 e.